The van der Waals surface area contributed by atoms with Gasteiger partial charge < -0.3 is 15.4 Å². The van der Waals surface area contributed by atoms with E-state index in [1.165, 1.54) is 6.42 Å². The third kappa shape index (κ3) is 7.34. The summed E-state index contributed by atoms with van der Waals surface area (Å²) in [6.45, 7) is 1.38. The highest BCUT2D eigenvalue weighted by atomic mass is 35.5. The van der Waals surface area contributed by atoms with Gasteiger partial charge in [0, 0.05) is 25.4 Å². The number of rotatable bonds is 9. The normalized spacial score (nSPS) is 14.8. The number of para-hydroxylation sites is 1. The van der Waals surface area contributed by atoms with Crippen LogP contribution in [0.3, 0.4) is 0 Å². The number of nitrogens with one attached hydrogen (secondary N) is 2. The lowest BCUT2D eigenvalue weighted by atomic mass is 9.89. The Hall–Kier alpha value is -1.75. The van der Waals surface area contributed by atoms with Crippen LogP contribution >= 0.6 is 11.6 Å². The van der Waals surface area contributed by atoms with Gasteiger partial charge in [-0.05, 0) is 31.4 Å². The summed E-state index contributed by atoms with van der Waals surface area (Å²) in [5, 5.41) is 6.30. The van der Waals surface area contributed by atoms with E-state index in [1.807, 2.05) is 12.1 Å². The van der Waals surface area contributed by atoms with Gasteiger partial charge in [-0.2, -0.15) is 0 Å². The van der Waals surface area contributed by atoms with Crippen molar-refractivity contribution in [1.82, 2.24) is 10.6 Å². The highest BCUT2D eigenvalue weighted by Crippen LogP contribution is 2.24. The molecule has 1 aliphatic rings. The molecule has 1 fully saturated rings. The van der Waals surface area contributed by atoms with Gasteiger partial charge in [0.2, 0.25) is 11.8 Å². The van der Waals surface area contributed by atoms with E-state index in [0.717, 1.165) is 25.7 Å². The average Bonchev–Trinajstić information content (AvgIpc) is 2.64. The van der Waals surface area contributed by atoms with Crippen LogP contribution in [0, 0.1) is 5.92 Å². The lowest BCUT2D eigenvalue weighted by Gasteiger charge is -2.20. The van der Waals surface area contributed by atoms with Gasteiger partial charge in [-0.1, -0.05) is 43.0 Å². The summed E-state index contributed by atoms with van der Waals surface area (Å²) in [6.07, 6.45) is 6.51. The molecular weight excluding hydrogens is 340 g/mol. The Labute approximate surface area is 154 Å². The number of carbonyl (C=O) groups excluding carboxylic acids is 2. The molecule has 0 saturated heterocycles. The van der Waals surface area contributed by atoms with Crippen molar-refractivity contribution in [2.75, 3.05) is 19.7 Å². The second-order valence-corrected chi connectivity index (χ2v) is 6.77. The second kappa shape index (κ2) is 11.0. The Morgan fingerprint density at radius 3 is 2.56 bits per heavy atom. The zero-order chi connectivity index (χ0) is 17.9. The van der Waals surface area contributed by atoms with Crippen LogP contribution in [0.5, 0.6) is 5.75 Å². The maximum atomic E-state index is 12.0. The van der Waals surface area contributed by atoms with Crippen molar-refractivity contribution in [3.63, 3.8) is 0 Å². The molecule has 1 aromatic carbocycles. The van der Waals surface area contributed by atoms with Crippen LogP contribution in [-0.2, 0) is 9.59 Å². The molecule has 0 unspecified atom stereocenters. The fraction of sp³-hybridized carbons (Fsp3) is 0.579. The Bertz CT molecular complexity index is 559. The van der Waals surface area contributed by atoms with E-state index in [0.29, 0.717) is 43.3 Å². The number of benzene rings is 1. The first-order valence-electron chi connectivity index (χ1n) is 9.08. The molecule has 1 aliphatic carbocycles. The van der Waals surface area contributed by atoms with Crippen molar-refractivity contribution < 1.29 is 14.3 Å². The monoisotopic (exact) mass is 366 g/mol. The molecule has 0 atom stereocenters. The summed E-state index contributed by atoms with van der Waals surface area (Å²) in [6, 6.07) is 7.27. The Morgan fingerprint density at radius 1 is 1.08 bits per heavy atom. The van der Waals surface area contributed by atoms with E-state index >= 15 is 0 Å². The minimum absolute atomic E-state index is 0.0327. The summed E-state index contributed by atoms with van der Waals surface area (Å²) in [5.74, 6) is 0.887. The zero-order valence-corrected chi connectivity index (χ0v) is 15.3. The summed E-state index contributed by atoms with van der Waals surface area (Å²) in [7, 11) is 0. The summed E-state index contributed by atoms with van der Waals surface area (Å²) < 4.78 is 5.54. The van der Waals surface area contributed by atoms with E-state index in [9.17, 15) is 9.59 Å². The van der Waals surface area contributed by atoms with Crippen LogP contribution in [-0.4, -0.2) is 31.5 Å². The second-order valence-electron chi connectivity index (χ2n) is 6.36. The topological polar surface area (TPSA) is 67.4 Å². The van der Waals surface area contributed by atoms with Crippen LogP contribution in [0.15, 0.2) is 24.3 Å². The molecular formula is C19H27ClN2O3. The minimum atomic E-state index is -0.0327. The third-order valence-corrected chi connectivity index (χ3v) is 4.68. The molecule has 0 heterocycles. The van der Waals surface area contributed by atoms with Crippen LogP contribution in [0.1, 0.15) is 44.9 Å². The van der Waals surface area contributed by atoms with Crippen LogP contribution in [0.2, 0.25) is 5.02 Å². The van der Waals surface area contributed by atoms with E-state index in [4.69, 9.17) is 16.3 Å². The Balaban J connectivity index is 1.49. The summed E-state index contributed by atoms with van der Waals surface area (Å²) in [5.41, 5.74) is 0. The molecule has 0 spiro atoms. The van der Waals surface area contributed by atoms with E-state index < -0.39 is 0 Å². The van der Waals surface area contributed by atoms with Gasteiger partial charge in [0.1, 0.15) is 5.75 Å². The van der Waals surface area contributed by atoms with Gasteiger partial charge in [-0.15, -0.1) is 0 Å². The first-order valence-corrected chi connectivity index (χ1v) is 9.46. The lowest BCUT2D eigenvalue weighted by molar-refractivity contribution is -0.126. The van der Waals surface area contributed by atoms with Crippen molar-refractivity contribution in [1.29, 1.82) is 0 Å². The molecule has 0 bridgehead atoms. The quantitative estimate of drug-likeness (QED) is 0.659. The highest BCUT2D eigenvalue weighted by molar-refractivity contribution is 6.32. The number of amides is 2. The highest BCUT2D eigenvalue weighted by Gasteiger charge is 2.20. The van der Waals surface area contributed by atoms with Crippen molar-refractivity contribution in [3.05, 3.63) is 29.3 Å². The minimum Gasteiger partial charge on any atom is -0.492 e. The van der Waals surface area contributed by atoms with Crippen molar-refractivity contribution in [3.8, 4) is 5.75 Å². The number of halogens is 1. The fourth-order valence-electron chi connectivity index (χ4n) is 2.96. The first-order chi connectivity index (χ1) is 12.2. The molecule has 2 amide bonds. The van der Waals surface area contributed by atoms with E-state index in [-0.39, 0.29) is 17.7 Å². The van der Waals surface area contributed by atoms with Crippen LogP contribution < -0.4 is 15.4 Å². The molecule has 0 aromatic heterocycles. The predicted octanol–water partition coefficient (Wildman–Crippen LogP) is 3.31. The standard InChI is InChI=1S/C19H27ClN2O3/c20-16-9-4-5-10-17(16)25-14-6-11-18(23)21-12-13-22-19(24)15-7-2-1-3-8-15/h4-5,9-10,15H,1-3,6-8,11-14H2,(H,21,23)(H,22,24). The van der Waals surface area contributed by atoms with Gasteiger partial charge in [0.15, 0.2) is 0 Å². The zero-order valence-electron chi connectivity index (χ0n) is 14.6. The SMILES string of the molecule is O=C(CCCOc1ccccc1Cl)NCCNC(=O)C1CCCCC1. The predicted molar refractivity (Wildman–Crippen MR) is 98.8 cm³/mol. The Kier molecular flexibility index (Phi) is 8.60. The van der Waals surface area contributed by atoms with Crippen LogP contribution in [0.4, 0.5) is 0 Å². The number of hydrogen-bond acceptors (Lipinski definition) is 3. The molecule has 25 heavy (non-hydrogen) atoms. The first kappa shape index (κ1) is 19.6. The van der Waals surface area contributed by atoms with Crippen LogP contribution in [0.25, 0.3) is 0 Å². The summed E-state index contributed by atoms with van der Waals surface area (Å²) >= 11 is 5.99. The average molecular weight is 367 g/mol. The molecule has 0 aliphatic heterocycles. The smallest absolute Gasteiger partial charge is 0.223 e. The molecule has 2 rings (SSSR count). The number of ether oxygens (including phenoxy) is 1. The molecule has 6 heteroatoms. The number of carbonyl (C=O) groups is 2. The molecule has 1 saturated carbocycles. The molecule has 138 valence electrons. The third-order valence-electron chi connectivity index (χ3n) is 4.36. The van der Waals surface area contributed by atoms with Gasteiger partial charge in [-0.3, -0.25) is 9.59 Å². The van der Waals surface area contributed by atoms with Gasteiger partial charge >= 0.3 is 0 Å². The van der Waals surface area contributed by atoms with Crippen molar-refractivity contribution in [2.45, 2.75) is 44.9 Å². The summed E-state index contributed by atoms with van der Waals surface area (Å²) in [4.78, 5) is 23.7. The van der Waals surface area contributed by atoms with Crippen molar-refractivity contribution >= 4 is 23.4 Å². The van der Waals surface area contributed by atoms with Gasteiger partial charge in [-0.25, -0.2) is 0 Å². The number of hydrogen-bond donors (Lipinski definition) is 2. The van der Waals surface area contributed by atoms with E-state index in [1.54, 1.807) is 12.1 Å². The Morgan fingerprint density at radius 2 is 1.80 bits per heavy atom. The largest absolute Gasteiger partial charge is 0.492 e. The van der Waals surface area contributed by atoms with E-state index in [2.05, 4.69) is 10.6 Å². The molecule has 2 N–H and O–H groups in total. The fourth-order valence-corrected chi connectivity index (χ4v) is 3.15. The molecule has 0 radical (unpaired) electrons. The lowest BCUT2D eigenvalue weighted by Crippen LogP contribution is -2.38. The van der Waals surface area contributed by atoms with Crippen molar-refractivity contribution in [2.24, 2.45) is 5.92 Å². The van der Waals surface area contributed by atoms with Gasteiger partial charge in [0.05, 0.1) is 11.6 Å². The maximum Gasteiger partial charge on any atom is 0.223 e. The molecule has 5 nitrogen and oxygen atoms in total. The molecule has 1 aromatic rings. The van der Waals surface area contributed by atoms with Gasteiger partial charge in [0.25, 0.3) is 0 Å². The maximum absolute atomic E-state index is 12.0.